The standard InChI is InChI=1S/C19H24N2O3S/c1-15(2)16(3)20-19(22)14-21(17-10-6-4-7-11-17)25(23,24)18-12-8-5-9-13-18/h4-13,15-16H,14H2,1-3H3,(H,20,22)/t16-/m0/s1. The van der Waals surface area contributed by atoms with Crippen LogP contribution in [0, 0.1) is 5.92 Å². The fraction of sp³-hybridized carbons (Fsp3) is 0.316. The Balaban J connectivity index is 2.34. The molecule has 0 aliphatic carbocycles. The van der Waals surface area contributed by atoms with Crippen molar-refractivity contribution in [3.05, 3.63) is 60.7 Å². The molecule has 0 saturated carbocycles. The average molecular weight is 360 g/mol. The molecule has 0 spiro atoms. The van der Waals surface area contributed by atoms with Crippen LogP contribution in [-0.2, 0) is 14.8 Å². The number of benzene rings is 2. The van der Waals surface area contributed by atoms with Crippen molar-refractivity contribution in [3.63, 3.8) is 0 Å². The van der Waals surface area contributed by atoms with Crippen molar-refractivity contribution in [2.45, 2.75) is 31.7 Å². The Bertz CT molecular complexity index is 790. The van der Waals surface area contributed by atoms with Gasteiger partial charge in [-0.25, -0.2) is 8.42 Å². The van der Waals surface area contributed by atoms with Crippen molar-refractivity contribution >= 4 is 21.6 Å². The van der Waals surface area contributed by atoms with Gasteiger partial charge in [0, 0.05) is 6.04 Å². The Hall–Kier alpha value is -2.34. The highest BCUT2D eigenvalue weighted by atomic mass is 32.2. The van der Waals surface area contributed by atoms with E-state index in [9.17, 15) is 13.2 Å². The van der Waals surface area contributed by atoms with Gasteiger partial charge in [0.05, 0.1) is 10.6 Å². The molecule has 0 bridgehead atoms. The van der Waals surface area contributed by atoms with E-state index in [-0.39, 0.29) is 29.3 Å². The molecule has 1 atom stereocenters. The van der Waals surface area contributed by atoms with Gasteiger partial charge in [-0.3, -0.25) is 9.10 Å². The number of sulfonamides is 1. The number of nitrogens with one attached hydrogen (secondary N) is 1. The van der Waals surface area contributed by atoms with E-state index in [1.54, 1.807) is 48.5 Å². The zero-order valence-electron chi connectivity index (χ0n) is 14.7. The van der Waals surface area contributed by atoms with Crippen LogP contribution in [0.1, 0.15) is 20.8 Å². The molecule has 0 saturated heterocycles. The highest BCUT2D eigenvalue weighted by Gasteiger charge is 2.27. The van der Waals surface area contributed by atoms with Crippen molar-refractivity contribution in [3.8, 4) is 0 Å². The molecule has 0 aromatic heterocycles. The minimum Gasteiger partial charge on any atom is -0.352 e. The molecule has 0 unspecified atom stereocenters. The van der Waals surface area contributed by atoms with E-state index in [1.807, 2.05) is 20.8 Å². The van der Waals surface area contributed by atoms with E-state index in [4.69, 9.17) is 0 Å². The third-order valence-corrected chi connectivity index (χ3v) is 5.84. The first kappa shape index (κ1) is 19.0. The molecule has 2 aromatic carbocycles. The SMILES string of the molecule is CC(C)[C@H](C)NC(=O)CN(c1ccccc1)S(=O)(=O)c1ccccc1. The largest absolute Gasteiger partial charge is 0.352 e. The van der Waals surface area contributed by atoms with Crippen molar-refractivity contribution < 1.29 is 13.2 Å². The van der Waals surface area contributed by atoms with Crippen LogP contribution in [0.15, 0.2) is 65.6 Å². The Labute approximate surface area is 149 Å². The number of rotatable bonds is 7. The summed E-state index contributed by atoms with van der Waals surface area (Å²) in [6.07, 6.45) is 0. The molecule has 134 valence electrons. The molecule has 0 radical (unpaired) electrons. The molecule has 1 N–H and O–H groups in total. The molecule has 1 amide bonds. The molecular weight excluding hydrogens is 336 g/mol. The van der Waals surface area contributed by atoms with E-state index >= 15 is 0 Å². The molecule has 25 heavy (non-hydrogen) atoms. The number of carbonyl (C=O) groups excluding carboxylic acids is 1. The number of hydrogen-bond donors (Lipinski definition) is 1. The van der Waals surface area contributed by atoms with Crippen molar-refractivity contribution in [1.82, 2.24) is 5.32 Å². The third kappa shape index (κ3) is 4.82. The summed E-state index contributed by atoms with van der Waals surface area (Å²) < 4.78 is 27.2. The van der Waals surface area contributed by atoms with Crippen LogP contribution in [0.4, 0.5) is 5.69 Å². The lowest BCUT2D eigenvalue weighted by atomic mass is 10.1. The summed E-state index contributed by atoms with van der Waals surface area (Å²) >= 11 is 0. The number of para-hydroxylation sites is 1. The van der Waals surface area contributed by atoms with Gasteiger partial charge in [-0.15, -0.1) is 0 Å². The first-order valence-electron chi connectivity index (χ1n) is 8.24. The fourth-order valence-electron chi connectivity index (χ4n) is 2.23. The summed E-state index contributed by atoms with van der Waals surface area (Å²) in [5.74, 6) is -0.0654. The van der Waals surface area contributed by atoms with Gasteiger partial charge in [0.15, 0.2) is 0 Å². The normalized spacial score (nSPS) is 12.6. The van der Waals surface area contributed by atoms with Gasteiger partial charge in [-0.2, -0.15) is 0 Å². The highest BCUT2D eigenvalue weighted by molar-refractivity contribution is 7.92. The average Bonchev–Trinajstić information content (AvgIpc) is 2.61. The van der Waals surface area contributed by atoms with Crippen molar-refractivity contribution in [2.24, 2.45) is 5.92 Å². The van der Waals surface area contributed by atoms with Crippen LogP contribution < -0.4 is 9.62 Å². The van der Waals surface area contributed by atoms with Gasteiger partial charge >= 0.3 is 0 Å². The summed E-state index contributed by atoms with van der Waals surface area (Å²) in [5, 5.41) is 2.86. The van der Waals surface area contributed by atoms with E-state index in [1.165, 1.54) is 12.1 Å². The predicted octanol–water partition coefficient (Wildman–Crippen LogP) is 3.04. The Kier molecular flexibility index (Phi) is 6.20. The minimum absolute atomic E-state index is 0.0375. The lowest BCUT2D eigenvalue weighted by Gasteiger charge is -2.25. The highest BCUT2D eigenvalue weighted by Crippen LogP contribution is 2.23. The Morgan fingerprint density at radius 3 is 2.00 bits per heavy atom. The molecule has 2 aromatic rings. The van der Waals surface area contributed by atoms with Crippen LogP contribution in [0.2, 0.25) is 0 Å². The number of hydrogen-bond acceptors (Lipinski definition) is 3. The quantitative estimate of drug-likeness (QED) is 0.825. The topological polar surface area (TPSA) is 66.5 Å². The van der Waals surface area contributed by atoms with Crippen molar-refractivity contribution in [1.29, 1.82) is 0 Å². The second-order valence-corrected chi connectivity index (χ2v) is 8.12. The van der Waals surface area contributed by atoms with Crippen LogP contribution in [0.5, 0.6) is 0 Å². The molecule has 2 rings (SSSR count). The molecule has 0 aliphatic rings. The smallest absolute Gasteiger partial charge is 0.264 e. The minimum atomic E-state index is -3.83. The van der Waals surface area contributed by atoms with Crippen LogP contribution in [0.3, 0.4) is 0 Å². The van der Waals surface area contributed by atoms with Crippen LogP contribution >= 0.6 is 0 Å². The number of anilines is 1. The maximum absolute atomic E-state index is 13.0. The number of nitrogens with zero attached hydrogens (tertiary/aromatic N) is 1. The summed E-state index contributed by atoms with van der Waals surface area (Å²) in [6, 6.07) is 16.8. The van der Waals surface area contributed by atoms with E-state index in [2.05, 4.69) is 5.32 Å². The third-order valence-electron chi connectivity index (χ3n) is 4.05. The van der Waals surface area contributed by atoms with Gasteiger partial charge in [-0.1, -0.05) is 50.2 Å². The van der Waals surface area contributed by atoms with Gasteiger partial charge in [0.25, 0.3) is 10.0 Å². The lowest BCUT2D eigenvalue weighted by Crippen LogP contribution is -2.44. The van der Waals surface area contributed by atoms with Gasteiger partial charge in [0.1, 0.15) is 6.54 Å². The zero-order valence-corrected chi connectivity index (χ0v) is 15.5. The first-order chi connectivity index (χ1) is 11.8. The van der Waals surface area contributed by atoms with Gasteiger partial charge < -0.3 is 5.32 Å². The first-order valence-corrected chi connectivity index (χ1v) is 9.68. The van der Waals surface area contributed by atoms with E-state index in [0.717, 1.165) is 4.31 Å². The van der Waals surface area contributed by atoms with Crippen LogP contribution in [-0.4, -0.2) is 26.9 Å². The summed E-state index contributed by atoms with van der Waals surface area (Å²) in [7, 11) is -3.83. The van der Waals surface area contributed by atoms with Gasteiger partial charge in [0.2, 0.25) is 5.91 Å². The zero-order chi connectivity index (χ0) is 18.4. The fourth-order valence-corrected chi connectivity index (χ4v) is 3.67. The predicted molar refractivity (Wildman–Crippen MR) is 99.9 cm³/mol. The summed E-state index contributed by atoms with van der Waals surface area (Å²) in [4.78, 5) is 12.6. The number of carbonyl (C=O) groups is 1. The summed E-state index contributed by atoms with van der Waals surface area (Å²) in [6.45, 7) is 5.64. The molecular formula is C19H24N2O3S. The maximum atomic E-state index is 13.0. The molecule has 6 heteroatoms. The summed E-state index contributed by atoms with van der Waals surface area (Å²) in [5.41, 5.74) is 0.457. The van der Waals surface area contributed by atoms with Crippen LogP contribution in [0.25, 0.3) is 0 Å². The number of amides is 1. The van der Waals surface area contributed by atoms with Gasteiger partial charge in [-0.05, 0) is 37.1 Å². The second kappa shape index (κ2) is 8.16. The van der Waals surface area contributed by atoms with E-state index < -0.39 is 10.0 Å². The molecule has 0 fully saturated rings. The second-order valence-electron chi connectivity index (χ2n) is 6.26. The molecule has 5 nitrogen and oxygen atoms in total. The van der Waals surface area contributed by atoms with Crippen molar-refractivity contribution in [2.75, 3.05) is 10.8 Å². The maximum Gasteiger partial charge on any atom is 0.264 e. The lowest BCUT2D eigenvalue weighted by molar-refractivity contribution is -0.120. The molecule has 0 aliphatic heterocycles. The Morgan fingerprint density at radius 2 is 1.48 bits per heavy atom. The molecule has 0 heterocycles. The Morgan fingerprint density at radius 1 is 0.960 bits per heavy atom. The monoisotopic (exact) mass is 360 g/mol. The van der Waals surface area contributed by atoms with E-state index in [0.29, 0.717) is 5.69 Å².